The largest absolute Gasteiger partial charge is 0.491 e. The van der Waals surface area contributed by atoms with E-state index in [2.05, 4.69) is 35.3 Å². The van der Waals surface area contributed by atoms with Crippen LogP contribution in [0.5, 0.6) is 5.75 Å². The SMILES string of the molecule is CC(C)(O)c1ccc2c(c1)/C(=C/CCN1CCC(CO)(c3ccc(Cl)cc3)CC1)C1C=CC=NC1CO2. The van der Waals surface area contributed by atoms with Gasteiger partial charge in [-0.05, 0) is 93.2 Å². The first-order valence-electron chi connectivity index (χ1n) is 13.3. The summed E-state index contributed by atoms with van der Waals surface area (Å²) in [5, 5.41) is 21.7. The van der Waals surface area contributed by atoms with Crippen molar-refractivity contribution in [3.63, 3.8) is 0 Å². The van der Waals surface area contributed by atoms with Crippen LogP contribution < -0.4 is 4.74 Å². The number of hydrogen-bond acceptors (Lipinski definition) is 5. The lowest BCUT2D eigenvalue weighted by atomic mass is 9.73. The number of hydrogen-bond donors (Lipinski definition) is 2. The number of allylic oxidation sites excluding steroid dienone is 1. The van der Waals surface area contributed by atoms with E-state index in [1.54, 1.807) is 0 Å². The predicted molar refractivity (Wildman–Crippen MR) is 151 cm³/mol. The summed E-state index contributed by atoms with van der Waals surface area (Å²) in [7, 11) is 0. The fourth-order valence-electron chi connectivity index (χ4n) is 5.82. The monoisotopic (exact) mass is 520 g/mol. The third kappa shape index (κ3) is 5.56. The molecule has 0 bridgehead atoms. The summed E-state index contributed by atoms with van der Waals surface area (Å²) in [4.78, 5) is 7.20. The van der Waals surface area contributed by atoms with E-state index in [9.17, 15) is 10.2 Å². The summed E-state index contributed by atoms with van der Waals surface area (Å²) in [6.45, 7) is 7.18. The van der Waals surface area contributed by atoms with Crippen molar-refractivity contribution in [1.82, 2.24) is 4.90 Å². The van der Waals surface area contributed by atoms with Gasteiger partial charge in [-0.3, -0.25) is 4.99 Å². The molecule has 0 amide bonds. The number of dihydropyridines is 1. The Bertz CT molecular complexity index is 1190. The molecular weight excluding hydrogens is 484 g/mol. The number of aliphatic imine (C=N–C) groups is 1. The molecule has 0 radical (unpaired) electrons. The predicted octanol–water partition coefficient (Wildman–Crippen LogP) is 5.38. The van der Waals surface area contributed by atoms with E-state index < -0.39 is 5.60 Å². The molecular formula is C31H37ClN2O3. The van der Waals surface area contributed by atoms with Crippen LogP contribution >= 0.6 is 11.6 Å². The molecule has 5 rings (SSSR count). The van der Waals surface area contributed by atoms with Gasteiger partial charge >= 0.3 is 0 Å². The van der Waals surface area contributed by atoms with E-state index in [0.717, 1.165) is 60.8 Å². The lowest BCUT2D eigenvalue weighted by molar-refractivity contribution is 0.0785. The molecule has 2 N–H and O–H groups in total. The minimum Gasteiger partial charge on any atom is -0.491 e. The van der Waals surface area contributed by atoms with Crippen molar-refractivity contribution >= 4 is 23.4 Å². The van der Waals surface area contributed by atoms with Gasteiger partial charge in [-0.25, -0.2) is 0 Å². The highest BCUT2D eigenvalue weighted by Crippen LogP contribution is 2.41. The van der Waals surface area contributed by atoms with Gasteiger partial charge in [-0.1, -0.05) is 42.0 Å². The zero-order valence-corrected chi connectivity index (χ0v) is 22.5. The Morgan fingerprint density at radius 3 is 2.62 bits per heavy atom. The van der Waals surface area contributed by atoms with Crippen LogP contribution in [0.4, 0.5) is 0 Å². The Morgan fingerprint density at radius 1 is 1.16 bits per heavy atom. The molecule has 196 valence electrons. The zero-order valence-electron chi connectivity index (χ0n) is 21.7. The first kappa shape index (κ1) is 26.2. The molecule has 3 heterocycles. The highest BCUT2D eigenvalue weighted by atomic mass is 35.5. The Labute approximate surface area is 225 Å². The van der Waals surface area contributed by atoms with Crippen LogP contribution in [-0.4, -0.2) is 60.2 Å². The number of rotatable bonds is 6. The second kappa shape index (κ2) is 10.7. The van der Waals surface area contributed by atoms with Gasteiger partial charge in [0.2, 0.25) is 0 Å². The molecule has 0 aromatic heterocycles. The van der Waals surface area contributed by atoms with Gasteiger partial charge in [-0.2, -0.15) is 0 Å². The van der Waals surface area contributed by atoms with Crippen molar-refractivity contribution < 1.29 is 14.9 Å². The quantitative estimate of drug-likeness (QED) is 0.536. The van der Waals surface area contributed by atoms with Crippen molar-refractivity contribution in [3.8, 4) is 5.75 Å². The van der Waals surface area contributed by atoms with Gasteiger partial charge in [-0.15, -0.1) is 0 Å². The van der Waals surface area contributed by atoms with Crippen LogP contribution in [0.1, 0.15) is 49.8 Å². The number of halogens is 1. The summed E-state index contributed by atoms with van der Waals surface area (Å²) in [6.07, 6.45) is 11.2. The number of ether oxygens (including phenoxy) is 1. The lowest BCUT2D eigenvalue weighted by Crippen LogP contribution is -2.45. The minimum atomic E-state index is -0.927. The molecule has 1 saturated heterocycles. The molecule has 2 aromatic rings. The van der Waals surface area contributed by atoms with E-state index in [1.807, 2.05) is 50.4 Å². The van der Waals surface area contributed by atoms with Crippen LogP contribution in [-0.2, 0) is 11.0 Å². The van der Waals surface area contributed by atoms with E-state index in [0.29, 0.717) is 6.61 Å². The number of likely N-dealkylation sites (tertiary alicyclic amines) is 1. The van der Waals surface area contributed by atoms with E-state index in [-0.39, 0.29) is 24.0 Å². The minimum absolute atomic E-state index is 0.0498. The number of benzene rings is 2. The van der Waals surface area contributed by atoms with Crippen molar-refractivity contribution in [3.05, 3.63) is 82.4 Å². The number of nitrogens with zero attached hydrogens (tertiary/aromatic N) is 2. The van der Waals surface area contributed by atoms with Crippen LogP contribution in [0.25, 0.3) is 5.57 Å². The fourth-order valence-corrected chi connectivity index (χ4v) is 5.95. The third-order valence-electron chi connectivity index (χ3n) is 8.24. The van der Waals surface area contributed by atoms with Crippen LogP contribution in [0, 0.1) is 5.92 Å². The van der Waals surface area contributed by atoms with Crippen molar-refractivity contribution in [1.29, 1.82) is 0 Å². The smallest absolute Gasteiger partial charge is 0.126 e. The fraction of sp³-hybridized carbons (Fsp3) is 0.452. The van der Waals surface area contributed by atoms with Crippen LogP contribution in [0.2, 0.25) is 5.02 Å². The molecule has 0 saturated carbocycles. The molecule has 1 fully saturated rings. The summed E-state index contributed by atoms with van der Waals surface area (Å²) < 4.78 is 6.18. The van der Waals surface area contributed by atoms with Gasteiger partial charge < -0.3 is 19.8 Å². The van der Waals surface area contributed by atoms with Crippen LogP contribution in [0.15, 0.2) is 65.7 Å². The van der Waals surface area contributed by atoms with Gasteiger partial charge in [0, 0.05) is 34.7 Å². The average molecular weight is 521 g/mol. The summed E-state index contributed by atoms with van der Waals surface area (Å²) >= 11 is 6.09. The molecule has 0 spiro atoms. The lowest BCUT2D eigenvalue weighted by Gasteiger charge is -2.41. The zero-order chi connectivity index (χ0) is 26.0. The van der Waals surface area contributed by atoms with Crippen molar-refractivity contribution in [2.45, 2.75) is 50.2 Å². The summed E-state index contributed by atoms with van der Waals surface area (Å²) in [6, 6.07) is 14.0. The molecule has 37 heavy (non-hydrogen) atoms. The third-order valence-corrected chi connectivity index (χ3v) is 8.50. The van der Waals surface area contributed by atoms with Gasteiger partial charge in [0.1, 0.15) is 12.4 Å². The Balaban J connectivity index is 1.33. The van der Waals surface area contributed by atoms with Gasteiger partial charge in [0.25, 0.3) is 0 Å². The standard InChI is InChI=1S/C31H37ClN2O3/c1-30(2,36)23-9-12-29-27(19-23)25(26-5-3-15-33-28(26)20-37-29)6-4-16-34-17-13-31(21-35,14-18-34)22-7-10-24(32)11-8-22/h3,5-12,15,19,26,28,35-36H,4,13-14,16-18,20-21H2,1-2H3/b25-6+. The van der Waals surface area contributed by atoms with E-state index in [4.69, 9.17) is 21.3 Å². The molecule has 6 heteroatoms. The molecule has 5 nitrogen and oxygen atoms in total. The summed E-state index contributed by atoms with van der Waals surface area (Å²) in [5.74, 6) is 1.00. The summed E-state index contributed by atoms with van der Waals surface area (Å²) in [5.41, 5.74) is 3.20. The maximum Gasteiger partial charge on any atom is 0.126 e. The topological polar surface area (TPSA) is 65.3 Å². The number of piperidine rings is 1. The molecule has 0 aliphatic carbocycles. The average Bonchev–Trinajstić information content (AvgIpc) is 3.06. The molecule has 3 aliphatic rings. The molecule has 2 aromatic carbocycles. The van der Waals surface area contributed by atoms with E-state index in [1.165, 1.54) is 11.1 Å². The first-order valence-corrected chi connectivity index (χ1v) is 13.7. The Hall–Kier alpha value is -2.44. The number of fused-ring (bicyclic) bond motifs is 2. The highest BCUT2D eigenvalue weighted by Gasteiger charge is 2.36. The van der Waals surface area contributed by atoms with Crippen molar-refractivity contribution in [2.75, 3.05) is 32.8 Å². The molecule has 2 unspecified atom stereocenters. The van der Waals surface area contributed by atoms with Crippen molar-refractivity contribution in [2.24, 2.45) is 10.9 Å². The molecule has 3 aliphatic heterocycles. The second-order valence-corrected chi connectivity index (χ2v) is 11.5. The van der Waals surface area contributed by atoms with Gasteiger partial charge in [0.05, 0.1) is 18.2 Å². The highest BCUT2D eigenvalue weighted by molar-refractivity contribution is 6.30. The number of aliphatic hydroxyl groups is 2. The van der Waals surface area contributed by atoms with Gasteiger partial charge in [0.15, 0.2) is 0 Å². The maximum absolute atomic E-state index is 10.7. The number of aliphatic hydroxyl groups excluding tert-OH is 1. The Morgan fingerprint density at radius 2 is 1.92 bits per heavy atom. The maximum atomic E-state index is 10.7. The Kier molecular flexibility index (Phi) is 7.60. The van der Waals surface area contributed by atoms with E-state index >= 15 is 0 Å². The normalized spacial score (nSPS) is 24.3. The van der Waals surface area contributed by atoms with Crippen LogP contribution in [0.3, 0.4) is 0 Å². The molecule has 2 atom stereocenters. The second-order valence-electron chi connectivity index (χ2n) is 11.1. The first-order chi connectivity index (χ1) is 17.8.